The first-order valence-corrected chi connectivity index (χ1v) is 11.4. The normalized spacial score (nSPS) is 15.1. The van der Waals surface area contributed by atoms with Crippen molar-refractivity contribution in [2.45, 2.75) is 36.3 Å². The predicted octanol–water partition coefficient (Wildman–Crippen LogP) is 3.93. The average Bonchev–Trinajstić information content (AvgIpc) is 3.25. The van der Waals surface area contributed by atoms with E-state index in [0.29, 0.717) is 16.8 Å². The van der Waals surface area contributed by atoms with E-state index in [4.69, 9.17) is 14.6 Å². The van der Waals surface area contributed by atoms with Gasteiger partial charge in [-0.1, -0.05) is 35.8 Å². The molecule has 3 aromatic rings. The summed E-state index contributed by atoms with van der Waals surface area (Å²) in [5.74, 6) is 5.52. The standard InChI is InChI=1S/C24H23FN4O3S/c1-31-21-13-17(7-6-12-30)20(25)14-22(21)32-16-23-27-28-24(33-19-9-3-2-4-10-19)29(23)18-8-5-11-26-15-18/h3,5,8-9,11,13-15,19,30H,2,4,10,12,16H2,1H3. The van der Waals surface area contributed by atoms with Gasteiger partial charge in [-0.2, -0.15) is 0 Å². The maximum atomic E-state index is 14.5. The third-order valence-corrected chi connectivity index (χ3v) is 6.15. The Kier molecular flexibility index (Phi) is 7.60. The van der Waals surface area contributed by atoms with Crippen molar-refractivity contribution in [3.8, 4) is 29.0 Å². The molecule has 7 nitrogen and oxygen atoms in total. The van der Waals surface area contributed by atoms with Crippen LogP contribution in [0.15, 0.2) is 54.0 Å². The quantitative estimate of drug-likeness (QED) is 0.417. The molecule has 0 amide bonds. The number of thioether (sulfide) groups is 1. The van der Waals surface area contributed by atoms with Crippen LogP contribution in [0.2, 0.25) is 0 Å². The molecule has 1 aliphatic carbocycles. The number of rotatable bonds is 7. The third-order valence-electron chi connectivity index (χ3n) is 4.98. The summed E-state index contributed by atoms with van der Waals surface area (Å²) in [5.41, 5.74) is 0.933. The van der Waals surface area contributed by atoms with Gasteiger partial charge >= 0.3 is 0 Å². The fourth-order valence-electron chi connectivity index (χ4n) is 3.41. The van der Waals surface area contributed by atoms with Gasteiger partial charge in [0.2, 0.25) is 0 Å². The van der Waals surface area contributed by atoms with Crippen molar-refractivity contribution >= 4 is 11.8 Å². The van der Waals surface area contributed by atoms with Gasteiger partial charge in [-0.3, -0.25) is 9.55 Å². The molecule has 1 aromatic carbocycles. The predicted molar refractivity (Wildman–Crippen MR) is 123 cm³/mol. The summed E-state index contributed by atoms with van der Waals surface area (Å²) >= 11 is 1.65. The first-order valence-electron chi connectivity index (χ1n) is 10.5. The minimum absolute atomic E-state index is 0.0421. The summed E-state index contributed by atoms with van der Waals surface area (Å²) in [6.45, 7) is -0.318. The monoisotopic (exact) mass is 466 g/mol. The zero-order chi connectivity index (χ0) is 23.0. The maximum Gasteiger partial charge on any atom is 0.196 e. The Morgan fingerprint density at radius 2 is 2.21 bits per heavy atom. The summed E-state index contributed by atoms with van der Waals surface area (Å²) in [5, 5.41) is 18.7. The lowest BCUT2D eigenvalue weighted by atomic mass is 10.1. The zero-order valence-electron chi connectivity index (χ0n) is 18.1. The number of benzene rings is 1. The van der Waals surface area contributed by atoms with E-state index in [1.807, 2.05) is 16.7 Å². The molecule has 0 radical (unpaired) electrons. The van der Waals surface area contributed by atoms with Crippen LogP contribution < -0.4 is 9.47 Å². The molecular weight excluding hydrogens is 443 g/mol. The fourth-order valence-corrected chi connectivity index (χ4v) is 4.56. The summed E-state index contributed by atoms with van der Waals surface area (Å²) in [4.78, 5) is 4.22. The van der Waals surface area contributed by atoms with Gasteiger partial charge in [0.25, 0.3) is 0 Å². The van der Waals surface area contributed by atoms with Gasteiger partial charge in [0.15, 0.2) is 22.5 Å². The van der Waals surface area contributed by atoms with Gasteiger partial charge in [-0.15, -0.1) is 10.2 Å². The molecule has 1 atom stereocenters. The van der Waals surface area contributed by atoms with Crippen LogP contribution in [0.5, 0.6) is 11.5 Å². The molecule has 9 heteroatoms. The van der Waals surface area contributed by atoms with Gasteiger partial charge in [-0.05, 0) is 31.4 Å². The van der Waals surface area contributed by atoms with Crippen molar-refractivity contribution in [3.63, 3.8) is 0 Å². The van der Waals surface area contributed by atoms with Crippen LogP contribution in [0.4, 0.5) is 4.39 Å². The molecule has 0 saturated carbocycles. The molecule has 0 bridgehead atoms. The SMILES string of the molecule is COc1cc(C#CCO)c(F)cc1OCc1nnc(SC2C=CCCC2)n1-c1cccnc1. The topological polar surface area (TPSA) is 82.3 Å². The summed E-state index contributed by atoms with van der Waals surface area (Å²) in [6.07, 6.45) is 11.2. The Bertz CT molecular complexity index is 1190. The molecular formula is C24H23FN4O3S. The number of methoxy groups -OCH3 is 1. The molecule has 1 N–H and O–H groups in total. The Labute approximate surface area is 195 Å². The van der Waals surface area contributed by atoms with Gasteiger partial charge < -0.3 is 14.6 Å². The van der Waals surface area contributed by atoms with Crippen LogP contribution in [-0.4, -0.2) is 43.8 Å². The van der Waals surface area contributed by atoms with Crippen molar-refractivity contribution in [1.82, 2.24) is 19.7 Å². The molecule has 1 aliphatic rings. The van der Waals surface area contributed by atoms with E-state index >= 15 is 0 Å². The molecule has 0 saturated heterocycles. The Hall–Kier alpha value is -3.35. The average molecular weight is 467 g/mol. The van der Waals surface area contributed by atoms with Crippen molar-refractivity contribution in [2.75, 3.05) is 13.7 Å². The minimum Gasteiger partial charge on any atom is -0.493 e. The Balaban J connectivity index is 1.61. The lowest BCUT2D eigenvalue weighted by Gasteiger charge is -2.16. The molecule has 2 aromatic heterocycles. The van der Waals surface area contributed by atoms with E-state index in [1.165, 1.54) is 19.2 Å². The lowest BCUT2D eigenvalue weighted by Crippen LogP contribution is -2.09. The highest BCUT2D eigenvalue weighted by Crippen LogP contribution is 2.33. The minimum atomic E-state index is -0.569. The number of nitrogens with zero attached hydrogens (tertiary/aromatic N) is 4. The van der Waals surface area contributed by atoms with Gasteiger partial charge in [-0.25, -0.2) is 4.39 Å². The molecule has 0 fully saturated rings. The van der Waals surface area contributed by atoms with E-state index in [2.05, 4.69) is 39.2 Å². The second kappa shape index (κ2) is 11.0. The second-order valence-corrected chi connectivity index (χ2v) is 8.40. The van der Waals surface area contributed by atoms with Crippen molar-refractivity contribution in [2.24, 2.45) is 0 Å². The number of ether oxygens (including phenoxy) is 2. The number of aliphatic hydroxyl groups is 1. The Morgan fingerprint density at radius 1 is 1.30 bits per heavy atom. The molecule has 2 heterocycles. The van der Waals surface area contributed by atoms with Crippen LogP contribution >= 0.6 is 11.8 Å². The number of hydrogen-bond donors (Lipinski definition) is 1. The molecule has 0 aliphatic heterocycles. The van der Waals surface area contributed by atoms with Crippen molar-refractivity contribution < 1.29 is 19.0 Å². The van der Waals surface area contributed by atoms with Gasteiger partial charge in [0.05, 0.1) is 24.6 Å². The lowest BCUT2D eigenvalue weighted by molar-refractivity contribution is 0.272. The van der Waals surface area contributed by atoms with Crippen LogP contribution in [0, 0.1) is 17.7 Å². The van der Waals surface area contributed by atoms with Crippen molar-refractivity contribution in [1.29, 1.82) is 0 Å². The second-order valence-electron chi connectivity index (χ2n) is 7.19. The highest BCUT2D eigenvalue weighted by molar-refractivity contribution is 7.99. The third kappa shape index (κ3) is 5.53. The van der Waals surface area contributed by atoms with E-state index in [0.717, 1.165) is 30.1 Å². The van der Waals surface area contributed by atoms with Gasteiger partial charge in [0, 0.05) is 23.6 Å². The molecule has 33 heavy (non-hydrogen) atoms. The highest BCUT2D eigenvalue weighted by Gasteiger charge is 2.20. The largest absolute Gasteiger partial charge is 0.493 e. The number of aliphatic hydroxyl groups excluding tert-OH is 1. The summed E-state index contributed by atoms with van der Waals surface area (Å²) < 4.78 is 27.6. The first-order chi connectivity index (χ1) is 16.2. The summed E-state index contributed by atoms with van der Waals surface area (Å²) in [6, 6.07) is 6.43. The molecule has 0 spiro atoms. The molecule has 170 valence electrons. The highest BCUT2D eigenvalue weighted by atomic mass is 32.2. The Morgan fingerprint density at radius 3 is 2.94 bits per heavy atom. The van der Waals surface area contributed by atoms with E-state index < -0.39 is 5.82 Å². The number of allylic oxidation sites excluding steroid dienone is 1. The van der Waals surface area contributed by atoms with Crippen LogP contribution in [0.3, 0.4) is 0 Å². The fraction of sp³-hybridized carbons (Fsp3) is 0.292. The van der Waals surface area contributed by atoms with E-state index in [-0.39, 0.29) is 24.5 Å². The van der Waals surface area contributed by atoms with E-state index in [1.54, 1.807) is 24.2 Å². The number of hydrogen-bond acceptors (Lipinski definition) is 7. The zero-order valence-corrected chi connectivity index (χ0v) is 18.9. The number of pyridine rings is 1. The van der Waals surface area contributed by atoms with Crippen LogP contribution in [-0.2, 0) is 6.61 Å². The first kappa shape index (κ1) is 22.8. The number of halogens is 1. The number of aromatic nitrogens is 4. The van der Waals surface area contributed by atoms with E-state index in [9.17, 15) is 4.39 Å². The van der Waals surface area contributed by atoms with Crippen LogP contribution in [0.25, 0.3) is 5.69 Å². The maximum absolute atomic E-state index is 14.5. The van der Waals surface area contributed by atoms with Crippen LogP contribution in [0.1, 0.15) is 30.7 Å². The van der Waals surface area contributed by atoms with Crippen molar-refractivity contribution in [3.05, 3.63) is 66.0 Å². The smallest absolute Gasteiger partial charge is 0.196 e. The molecule has 4 rings (SSSR count). The summed E-state index contributed by atoms with van der Waals surface area (Å²) in [7, 11) is 1.47. The van der Waals surface area contributed by atoms with Gasteiger partial charge in [0.1, 0.15) is 19.0 Å². The molecule has 1 unspecified atom stereocenters.